The van der Waals surface area contributed by atoms with E-state index in [-0.39, 0.29) is 17.7 Å². The smallest absolute Gasteiger partial charge is 0.255 e. The first-order valence-corrected chi connectivity index (χ1v) is 10.6. The quantitative estimate of drug-likeness (QED) is 0.779. The minimum atomic E-state index is 0.00726. The molecule has 0 spiro atoms. The molecule has 0 radical (unpaired) electrons. The Kier molecular flexibility index (Phi) is 5.65. The minimum Gasteiger partial charge on any atom is -0.342 e. The second-order valence-electron chi connectivity index (χ2n) is 8.41. The van der Waals surface area contributed by atoms with Crippen LogP contribution in [0.3, 0.4) is 0 Å². The highest BCUT2D eigenvalue weighted by Crippen LogP contribution is 2.35. The zero-order chi connectivity index (χ0) is 20.4. The molecular weight excluding hydrogens is 362 g/mol. The van der Waals surface area contributed by atoms with Crippen LogP contribution in [0.15, 0.2) is 42.5 Å². The lowest BCUT2D eigenvalue weighted by Crippen LogP contribution is -2.39. The summed E-state index contributed by atoms with van der Waals surface area (Å²) >= 11 is 0. The molecule has 152 valence electrons. The molecule has 1 aliphatic heterocycles. The Bertz CT molecular complexity index is 884. The summed E-state index contributed by atoms with van der Waals surface area (Å²) in [7, 11) is 1.84. The fourth-order valence-electron chi connectivity index (χ4n) is 4.17. The summed E-state index contributed by atoms with van der Waals surface area (Å²) in [6, 6.07) is 13.9. The number of rotatable bonds is 5. The molecule has 2 aliphatic rings. The van der Waals surface area contributed by atoms with Crippen LogP contribution >= 0.6 is 0 Å². The number of likely N-dealkylation sites (tertiary alicyclic amines) is 1. The van der Waals surface area contributed by atoms with Crippen molar-refractivity contribution in [2.75, 3.05) is 20.1 Å². The van der Waals surface area contributed by atoms with Crippen LogP contribution in [0.1, 0.15) is 58.9 Å². The Hall–Kier alpha value is -2.69. The number of carbonyl (C=O) groups is 2. The Morgan fingerprint density at radius 3 is 2.38 bits per heavy atom. The van der Waals surface area contributed by atoms with Crippen molar-refractivity contribution in [2.24, 2.45) is 5.92 Å². The van der Waals surface area contributed by atoms with E-state index in [1.54, 1.807) is 4.90 Å². The van der Waals surface area contributed by atoms with Crippen LogP contribution in [0.4, 0.5) is 0 Å². The van der Waals surface area contributed by atoms with Gasteiger partial charge in [-0.2, -0.15) is 0 Å². The van der Waals surface area contributed by atoms with Crippen LogP contribution in [-0.4, -0.2) is 46.7 Å². The molecule has 1 aliphatic carbocycles. The highest BCUT2D eigenvalue weighted by molar-refractivity contribution is 5.95. The highest BCUT2D eigenvalue weighted by Gasteiger charge is 2.36. The normalized spacial score (nSPS) is 17.2. The SMILES string of the molecule is Cc1ccc(C(=O)N(C)Cc2ccccc2)c(C2CCN(C(=O)C3CC3)CC2)n1. The van der Waals surface area contributed by atoms with Gasteiger partial charge in [-0.3, -0.25) is 14.6 Å². The topological polar surface area (TPSA) is 53.5 Å². The number of hydrogen-bond donors (Lipinski definition) is 0. The first kappa shape index (κ1) is 19.6. The fourth-order valence-corrected chi connectivity index (χ4v) is 4.17. The van der Waals surface area contributed by atoms with Crippen molar-refractivity contribution < 1.29 is 9.59 Å². The van der Waals surface area contributed by atoms with Crippen LogP contribution in [-0.2, 0) is 11.3 Å². The van der Waals surface area contributed by atoms with E-state index < -0.39 is 0 Å². The Morgan fingerprint density at radius 2 is 1.72 bits per heavy atom. The van der Waals surface area contributed by atoms with Crippen LogP contribution < -0.4 is 0 Å². The number of aryl methyl sites for hydroxylation is 1. The maximum Gasteiger partial charge on any atom is 0.255 e. The van der Waals surface area contributed by atoms with Crippen LogP contribution in [0.2, 0.25) is 0 Å². The van der Waals surface area contributed by atoms with E-state index >= 15 is 0 Å². The van der Waals surface area contributed by atoms with Crippen LogP contribution in [0.5, 0.6) is 0 Å². The summed E-state index contributed by atoms with van der Waals surface area (Å²) in [5.41, 5.74) is 3.63. The van der Waals surface area contributed by atoms with Gasteiger partial charge in [-0.1, -0.05) is 30.3 Å². The molecule has 2 fully saturated rings. The number of nitrogens with zero attached hydrogens (tertiary/aromatic N) is 3. The number of aromatic nitrogens is 1. The van der Waals surface area contributed by atoms with E-state index in [0.29, 0.717) is 18.0 Å². The monoisotopic (exact) mass is 391 g/mol. The summed E-state index contributed by atoms with van der Waals surface area (Å²) < 4.78 is 0. The van der Waals surface area contributed by atoms with E-state index in [1.165, 1.54) is 0 Å². The summed E-state index contributed by atoms with van der Waals surface area (Å²) in [5.74, 6) is 0.821. The second-order valence-corrected chi connectivity index (χ2v) is 8.41. The van der Waals surface area contributed by atoms with Gasteiger partial charge in [0.1, 0.15) is 0 Å². The molecule has 0 N–H and O–H groups in total. The summed E-state index contributed by atoms with van der Waals surface area (Å²) in [6.07, 6.45) is 3.84. The number of piperidine rings is 1. The Morgan fingerprint density at radius 1 is 1.03 bits per heavy atom. The van der Waals surface area contributed by atoms with Gasteiger partial charge in [0, 0.05) is 44.2 Å². The first-order valence-electron chi connectivity index (χ1n) is 10.6. The van der Waals surface area contributed by atoms with Gasteiger partial charge >= 0.3 is 0 Å². The largest absolute Gasteiger partial charge is 0.342 e. The molecule has 1 saturated carbocycles. The lowest BCUT2D eigenvalue weighted by atomic mass is 9.89. The predicted octanol–water partition coefficient (Wildman–Crippen LogP) is 3.78. The van der Waals surface area contributed by atoms with Gasteiger partial charge in [-0.15, -0.1) is 0 Å². The van der Waals surface area contributed by atoms with Gasteiger partial charge in [0.05, 0.1) is 11.3 Å². The van der Waals surface area contributed by atoms with Crippen molar-refractivity contribution in [2.45, 2.75) is 45.1 Å². The highest BCUT2D eigenvalue weighted by atomic mass is 16.2. The van der Waals surface area contributed by atoms with Gasteiger partial charge in [0.15, 0.2) is 0 Å². The molecule has 2 heterocycles. The third kappa shape index (κ3) is 4.50. The maximum atomic E-state index is 13.2. The molecule has 0 bridgehead atoms. The molecule has 0 atom stereocenters. The van der Waals surface area contributed by atoms with Crippen molar-refractivity contribution in [1.29, 1.82) is 0 Å². The van der Waals surface area contributed by atoms with E-state index in [4.69, 9.17) is 4.98 Å². The van der Waals surface area contributed by atoms with E-state index in [9.17, 15) is 9.59 Å². The predicted molar refractivity (Wildman–Crippen MR) is 112 cm³/mol. The second kappa shape index (κ2) is 8.36. The molecular formula is C24H29N3O2. The Labute approximate surface area is 172 Å². The summed E-state index contributed by atoms with van der Waals surface area (Å²) in [6.45, 7) is 4.07. The van der Waals surface area contributed by atoms with Gasteiger partial charge in [0.25, 0.3) is 5.91 Å². The van der Waals surface area contributed by atoms with Gasteiger partial charge in [-0.25, -0.2) is 0 Å². The van der Waals surface area contributed by atoms with Crippen LogP contribution in [0, 0.1) is 12.8 Å². The van der Waals surface area contributed by atoms with Gasteiger partial charge in [0.2, 0.25) is 5.91 Å². The number of hydrogen-bond acceptors (Lipinski definition) is 3. The third-order valence-electron chi connectivity index (χ3n) is 6.02. The van der Waals surface area contributed by atoms with Crippen molar-refractivity contribution in [3.63, 3.8) is 0 Å². The minimum absolute atomic E-state index is 0.00726. The van der Waals surface area contributed by atoms with Crippen molar-refractivity contribution in [1.82, 2.24) is 14.8 Å². The average molecular weight is 392 g/mol. The lowest BCUT2D eigenvalue weighted by Gasteiger charge is -2.33. The number of pyridine rings is 1. The number of carbonyl (C=O) groups excluding carboxylic acids is 2. The third-order valence-corrected chi connectivity index (χ3v) is 6.02. The molecule has 4 rings (SSSR count). The first-order chi connectivity index (χ1) is 14.0. The molecule has 0 unspecified atom stereocenters. The van der Waals surface area contributed by atoms with Crippen LogP contribution in [0.25, 0.3) is 0 Å². The lowest BCUT2D eigenvalue weighted by molar-refractivity contribution is -0.133. The zero-order valence-electron chi connectivity index (χ0n) is 17.3. The molecule has 5 heteroatoms. The molecule has 2 aromatic rings. The molecule has 5 nitrogen and oxygen atoms in total. The van der Waals surface area contributed by atoms with Crippen molar-refractivity contribution in [3.05, 3.63) is 65.0 Å². The molecule has 2 amide bonds. The molecule has 1 saturated heterocycles. The molecule has 1 aromatic carbocycles. The fraction of sp³-hybridized carbons (Fsp3) is 0.458. The average Bonchev–Trinajstić information content (AvgIpc) is 3.59. The number of amides is 2. The Balaban J connectivity index is 1.48. The van der Waals surface area contributed by atoms with Gasteiger partial charge in [-0.05, 0) is 50.3 Å². The van der Waals surface area contributed by atoms with Crippen molar-refractivity contribution in [3.8, 4) is 0 Å². The zero-order valence-corrected chi connectivity index (χ0v) is 17.3. The van der Waals surface area contributed by atoms with Gasteiger partial charge < -0.3 is 9.80 Å². The van der Waals surface area contributed by atoms with E-state index in [1.807, 2.05) is 61.3 Å². The summed E-state index contributed by atoms with van der Waals surface area (Å²) in [4.78, 5) is 34.1. The van der Waals surface area contributed by atoms with Crippen molar-refractivity contribution >= 4 is 11.8 Å². The summed E-state index contributed by atoms with van der Waals surface area (Å²) in [5, 5.41) is 0. The standard InChI is InChI=1S/C24H29N3O2/c1-17-8-11-21(24(29)26(2)16-18-6-4-3-5-7-18)22(25-17)19-12-14-27(15-13-19)23(28)20-9-10-20/h3-8,11,19-20H,9-10,12-16H2,1-2H3. The van der Waals surface area contributed by atoms with E-state index in [2.05, 4.69) is 0 Å². The molecule has 1 aromatic heterocycles. The maximum absolute atomic E-state index is 13.2. The van der Waals surface area contributed by atoms with E-state index in [0.717, 1.165) is 55.7 Å². The molecule has 29 heavy (non-hydrogen) atoms. The number of benzene rings is 1.